The minimum absolute atomic E-state index is 0. The standard InChI is InChI=1S/C26H30ClN3O2.C2H3ClO.ClH/c27-22-5-2-1-4-20(22)24(31)29-23-9-8-18-6-7-19(16-21(18)23)25(32)30-15-3-10-26(17-30)11-13-28-14-12-26;1-2(3)4;/h1-2,4-7,16,23,28H,3,8-15,17H2,(H,29,31);1H3;1H/t23-;;/m1../s1. The van der Waals surface area contributed by atoms with Crippen molar-refractivity contribution < 1.29 is 14.4 Å². The normalized spacial score (nSPS) is 19.6. The molecule has 37 heavy (non-hydrogen) atoms. The molecule has 2 fully saturated rings. The number of rotatable bonds is 3. The molecule has 3 aliphatic rings. The highest BCUT2D eigenvalue weighted by molar-refractivity contribution is 6.62. The summed E-state index contributed by atoms with van der Waals surface area (Å²) < 4.78 is 0. The van der Waals surface area contributed by atoms with E-state index in [0.29, 0.717) is 10.6 Å². The second-order valence-corrected chi connectivity index (χ2v) is 10.9. The summed E-state index contributed by atoms with van der Waals surface area (Å²) in [5.41, 5.74) is 3.76. The van der Waals surface area contributed by atoms with E-state index in [4.69, 9.17) is 11.6 Å². The maximum absolute atomic E-state index is 13.4. The van der Waals surface area contributed by atoms with Crippen LogP contribution in [0.5, 0.6) is 0 Å². The zero-order valence-corrected chi connectivity index (χ0v) is 23.4. The molecule has 6 nitrogen and oxygen atoms in total. The predicted octanol–water partition coefficient (Wildman–Crippen LogP) is 5.56. The summed E-state index contributed by atoms with van der Waals surface area (Å²) in [6, 6.07) is 13.0. The molecule has 0 aromatic heterocycles. The first-order valence-corrected chi connectivity index (χ1v) is 13.4. The number of piperidine rings is 2. The van der Waals surface area contributed by atoms with Crippen molar-refractivity contribution in [2.24, 2.45) is 5.41 Å². The number of halogens is 3. The Balaban J connectivity index is 0.000000711. The van der Waals surface area contributed by atoms with Gasteiger partial charge in [0.05, 0.1) is 16.6 Å². The van der Waals surface area contributed by atoms with E-state index < -0.39 is 0 Å². The van der Waals surface area contributed by atoms with Gasteiger partial charge in [-0.2, -0.15) is 0 Å². The molecule has 2 aromatic rings. The number of likely N-dealkylation sites (tertiary alicyclic amines) is 1. The van der Waals surface area contributed by atoms with Gasteiger partial charge in [-0.3, -0.25) is 14.4 Å². The van der Waals surface area contributed by atoms with E-state index in [0.717, 1.165) is 69.4 Å². The molecule has 5 rings (SSSR count). The molecular weight excluding hydrogens is 533 g/mol. The third-order valence-corrected chi connectivity index (χ3v) is 7.84. The molecule has 9 heteroatoms. The molecule has 0 bridgehead atoms. The van der Waals surface area contributed by atoms with Crippen LogP contribution in [0.3, 0.4) is 0 Å². The Morgan fingerprint density at radius 3 is 2.49 bits per heavy atom. The van der Waals surface area contributed by atoms with Crippen LogP contribution in [0.1, 0.15) is 76.9 Å². The first kappa shape index (κ1) is 29.4. The fourth-order valence-corrected chi connectivity index (χ4v) is 5.92. The van der Waals surface area contributed by atoms with E-state index in [2.05, 4.69) is 33.2 Å². The van der Waals surface area contributed by atoms with Crippen molar-refractivity contribution in [2.75, 3.05) is 26.2 Å². The Morgan fingerprint density at radius 1 is 1.08 bits per heavy atom. The zero-order valence-electron chi connectivity index (χ0n) is 21.0. The SMILES string of the molecule is CC(=O)Cl.Cl.O=C(N[C@@H]1CCc2ccc(C(=O)N3CCCC4(CCNCC4)C3)cc21)c1ccccc1Cl. The summed E-state index contributed by atoms with van der Waals surface area (Å²) in [6.45, 7) is 5.08. The first-order chi connectivity index (χ1) is 17.3. The van der Waals surface area contributed by atoms with Crippen molar-refractivity contribution in [3.63, 3.8) is 0 Å². The van der Waals surface area contributed by atoms with Crippen LogP contribution in [-0.2, 0) is 11.2 Å². The third kappa shape index (κ3) is 7.26. The van der Waals surface area contributed by atoms with Crippen LogP contribution in [0.2, 0.25) is 5.02 Å². The number of carbonyl (C=O) groups excluding carboxylic acids is 3. The van der Waals surface area contributed by atoms with Crippen LogP contribution in [0, 0.1) is 5.41 Å². The van der Waals surface area contributed by atoms with Crippen molar-refractivity contribution in [1.82, 2.24) is 15.5 Å². The Bertz CT molecular complexity index is 1130. The van der Waals surface area contributed by atoms with E-state index in [-0.39, 0.29) is 40.9 Å². The molecule has 2 amide bonds. The smallest absolute Gasteiger partial charge is 0.253 e. The average molecular weight is 567 g/mol. The number of nitrogens with one attached hydrogen (secondary N) is 2. The Hall–Kier alpha value is -2.12. The van der Waals surface area contributed by atoms with Gasteiger partial charge in [0.1, 0.15) is 0 Å². The van der Waals surface area contributed by atoms with Gasteiger partial charge < -0.3 is 15.5 Å². The highest BCUT2D eigenvalue weighted by Gasteiger charge is 2.38. The molecule has 0 unspecified atom stereocenters. The lowest BCUT2D eigenvalue weighted by Crippen LogP contribution is -2.50. The van der Waals surface area contributed by atoms with Gasteiger partial charge >= 0.3 is 0 Å². The van der Waals surface area contributed by atoms with E-state index in [9.17, 15) is 14.4 Å². The van der Waals surface area contributed by atoms with Crippen LogP contribution in [0.25, 0.3) is 0 Å². The van der Waals surface area contributed by atoms with Crippen molar-refractivity contribution in [2.45, 2.75) is 51.5 Å². The second kappa shape index (κ2) is 13.1. The van der Waals surface area contributed by atoms with Crippen LogP contribution >= 0.6 is 35.6 Å². The largest absolute Gasteiger partial charge is 0.345 e. The van der Waals surface area contributed by atoms with Crippen LogP contribution in [0.15, 0.2) is 42.5 Å². The van der Waals surface area contributed by atoms with Gasteiger partial charge in [-0.25, -0.2) is 0 Å². The molecule has 0 saturated carbocycles. The second-order valence-electron chi connectivity index (χ2n) is 10.0. The van der Waals surface area contributed by atoms with Crippen molar-refractivity contribution in [1.29, 1.82) is 0 Å². The molecule has 2 aromatic carbocycles. The Labute approximate surface area is 234 Å². The highest BCUT2D eigenvalue weighted by Crippen LogP contribution is 2.39. The maximum Gasteiger partial charge on any atom is 0.253 e. The van der Waals surface area contributed by atoms with Gasteiger partial charge in [0.25, 0.3) is 11.8 Å². The van der Waals surface area contributed by atoms with Gasteiger partial charge in [0.2, 0.25) is 5.24 Å². The number of benzene rings is 2. The van der Waals surface area contributed by atoms with Gasteiger partial charge in [0.15, 0.2) is 0 Å². The monoisotopic (exact) mass is 565 g/mol. The quantitative estimate of drug-likeness (QED) is 0.477. The van der Waals surface area contributed by atoms with Crippen LogP contribution in [0.4, 0.5) is 0 Å². The lowest BCUT2D eigenvalue weighted by atomic mass is 9.73. The summed E-state index contributed by atoms with van der Waals surface area (Å²) in [4.78, 5) is 37.5. The number of nitrogens with zero attached hydrogens (tertiary/aromatic N) is 1. The maximum atomic E-state index is 13.4. The molecule has 1 aliphatic carbocycles. The lowest BCUT2D eigenvalue weighted by Gasteiger charge is -2.45. The van der Waals surface area contributed by atoms with E-state index in [1.807, 2.05) is 24.3 Å². The van der Waals surface area contributed by atoms with Gasteiger partial charge in [-0.1, -0.05) is 29.8 Å². The summed E-state index contributed by atoms with van der Waals surface area (Å²) in [7, 11) is 0. The molecular formula is C28H34Cl3N3O3. The summed E-state index contributed by atoms with van der Waals surface area (Å²) in [5, 5.41) is 6.67. The summed E-state index contributed by atoms with van der Waals surface area (Å²) in [5.74, 6) is -0.0532. The number of hydrogen-bond acceptors (Lipinski definition) is 4. The number of carbonyl (C=O) groups is 3. The number of fused-ring (bicyclic) bond motifs is 1. The minimum Gasteiger partial charge on any atom is -0.345 e. The van der Waals surface area contributed by atoms with Crippen molar-refractivity contribution in [3.05, 3.63) is 69.7 Å². The van der Waals surface area contributed by atoms with Gasteiger partial charge in [-0.15, -0.1) is 12.4 Å². The van der Waals surface area contributed by atoms with Crippen LogP contribution < -0.4 is 10.6 Å². The Morgan fingerprint density at radius 2 is 1.78 bits per heavy atom. The molecule has 2 aliphatic heterocycles. The molecule has 1 atom stereocenters. The Kier molecular flexibility index (Phi) is 10.4. The summed E-state index contributed by atoms with van der Waals surface area (Å²) in [6.07, 6.45) is 6.33. The zero-order chi connectivity index (χ0) is 25.7. The van der Waals surface area contributed by atoms with Gasteiger partial charge in [0, 0.05) is 25.6 Å². The molecule has 2 N–H and O–H groups in total. The minimum atomic E-state index is -0.361. The molecule has 200 valence electrons. The van der Waals surface area contributed by atoms with Crippen LogP contribution in [-0.4, -0.2) is 48.1 Å². The highest BCUT2D eigenvalue weighted by atomic mass is 35.5. The molecule has 0 radical (unpaired) electrons. The van der Waals surface area contributed by atoms with Gasteiger partial charge in [-0.05, 0) is 104 Å². The number of amides is 2. The lowest BCUT2D eigenvalue weighted by molar-refractivity contribution is -0.109. The van der Waals surface area contributed by atoms with Crippen molar-refractivity contribution in [3.8, 4) is 0 Å². The van der Waals surface area contributed by atoms with E-state index in [1.54, 1.807) is 12.1 Å². The predicted molar refractivity (Wildman–Crippen MR) is 150 cm³/mol. The fourth-order valence-electron chi connectivity index (χ4n) is 5.70. The van der Waals surface area contributed by atoms with E-state index in [1.165, 1.54) is 18.9 Å². The number of aryl methyl sites for hydroxylation is 1. The average Bonchev–Trinajstić information content (AvgIpc) is 3.26. The first-order valence-electron chi connectivity index (χ1n) is 12.6. The molecule has 1 spiro atoms. The third-order valence-electron chi connectivity index (χ3n) is 7.51. The topological polar surface area (TPSA) is 78.5 Å². The fraction of sp³-hybridized carbons (Fsp3) is 0.464. The summed E-state index contributed by atoms with van der Waals surface area (Å²) >= 11 is 10.8. The number of hydrogen-bond donors (Lipinski definition) is 2. The molecule has 2 heterocycles. The van der Waals surface area contributed by atoms with E-state index >= 15 is 0 Å². The molecule has 2 saturated heterocycles. The van der Waals surface area contributed by atoms with Crippen molar-refractivity contribution >= 4 is 52.7 Å².